The summed E-state index contributed by atoms with van der Waals surface area (Å²) >= 11 is 1.40. The molecule has 0 aliphatic carbocycles. The minimum absolute atomic E-state index is 0.127. The highest BCUT2D eigenvalue weighted by Gasteiger charge is 2.20. The van der Waals surface area contributed by atoms with Crippen LogP contribution in [0.1, 0.15) is 10.4 Å². The van der Waals surface area contributed by atoms with Gasteiger partial charge in [-0.2, -0.15) is 0 Å². The summed E-state index contributed by atoms with van der Waals surface area (Å²) < 4.78 is 18.2. The van der Waals surface area contributed by atoms with Crippen LogP contribution in [0.3, 0.4) is 0 Å². The molecule has 0 fully saturated rings. The quantitative estimate of drug-likeness (QED) is 0.296. The smallest absolute Gasteiger partial charge is 0.336 e. The summed E-state index contributed by atoms with van der Waals surface area (Å²) in [5, 5.41) is 10.7. The molecule has 0 saturated heterocycles. The second-order valence-electron chi connectivity index (χ2n) is 7.28. The fraction of sp³-hybridized carbons (Fsp3) is 0.0800. The van der Waals surface area contributed by atoms with E-state index in [1.807, 2.05) is 30.3 Å². The highest BCUT2D eigenvalue weighted by Crippen LogP contribution is 2.46. The zero-order valence-electron chi connectivity index (χ0n) is 18.2. The van der Waals surface area contributed by atoms with Gasteiger partial charge >= 0.3 is 5.97 Å². The zero-order chi connectivity index (χ0) is 23.7. The molecule has 8 nitrogen and oxygen atoms in total. The number of hydrogen-bond acceptors (Lipinski definition) is 7. The Morgan fingerprint density at radius 1 is 1.06 bits per heavy atom. The molecular weight excluding hydrogens is 454 g/mol. The van der Waals surface area contributed by atoms with Crippen molar-refractivity contribution in [3.05, 3.63) is 71.6 Å². The lowest BCUT2D eigenvalue weighted by Crippen LogP contribution is -1.99. The third kappa shape index (κ3) is 3.93. The minimum Gasteiger partial charge on any atom is -0.493 e. The molecule has 5 aromatic rings. The van der Waals surface area contributed by atoms with Gasteiger partial charge in [-0.15, -0.1) is 11.3 Å². The number of aromatic amines is 1. The summed E-state index contributed by atoms with van der Waals surface area (Å²) in [6, 6.07) is 12.5. The Hall–Kier alpha value is -4.37. The zero-order valence-corrected chi connectivity index (χ0v) is 19.1. The number of benzene rings is 2. The number of rotatable bonds is 7. The van der Waals surface area contributed by atoms with Crippen LogP contribution in [0, 0.1) is 0 Å². The second-order valence-corrected chi connectivity index (χ2v) is 8.37. The van der Waals surface area contributed by atoms with Crippen LogP contribution in [0.5, 0.6) is 23.0 Å². The van der Waals surface area contributed by atoms with E-state index >= 15 is 0 Å². The number of imidazole rings is 1. The lowest BCUT2D eigenvalue weighted by atomic mass is 10.1. The largest absolute Gasteiger partial charge is 0.493 e. The predicted molar refractivity (Wildman–Crippen MR) is 131 cm³/mol. The van der Waals surface area contributed by atoms with Crippen LogP contribution in [0.25, 0.3) is 32.8 Å². The highest BCUT2D eigenvalue weighted by molar-refractivity contribution is 7.20. The number of nitrogens with one attached hydrogen (secondary N) is 1. The molecule has 5 rings (SSSR count). The van der Waals surface area contributed by atoms with E-state index in [2.05, 4.69) is 15.0 Å². The van der Waals surface area contributed by atoms with Crippen molar-refractivity contribution in [3.63, 3.8) is 0 Å². The molecule has 9 heteroatoms. The molecule has 34 heavy (non-hydrogen) atoms. The summed E-state index contributed by atoms with van der Waals surface area (Å²) in [4.78, 5) is 24.1. The number of thiophene rings is 1. The molecule has 0 aliphatic heterocycles. The first kappa shape index (κ1) is 21.5. The van der Waals surface area contributed by atoms with E-state index in [4.69, 9.17) is 14.2 Å². The summed E-state index contributed by atoms with van der Waals surface area (Å²) in [7, 11) is 3.14. The maximum absolute atomic E-state index is 12.1. The van der Waals surface area contributed by atoms with E-state index in [-0.39, 0.29) is 5.57 Å². The Bertz CT molecular complexity index is 1540. The van der Waals surface area contributed by atoms with Gasteiger partial charge in [0.2, 0.25) is 0 Å². The third-order valence-corrected chi connectivity index (χ3v) is 6.36. The summed E-state index contributed by atoms with van der Waals surface area (Å²) in [5.41, 5.74) is 2.32. The monoisotopic (exact) mass is 473 g/mol. The van der Waals surface area contributed by atoms with Crippen LogP contribution >= 0.6 is 11.3 Å². The van der Waals surface area contributed by atoms with Crippen molar-refractivity contribution in [2.75, 3.05) is 14.2 Å². The van der Waals surface area contributed by atoms with E-state index in [9.17, 15) is 9.90 Å². The SMILES string of the molecule is COc1cc2sc(C=C(C(=O)O)c3ccncc3)c(Oc3ccc4nc[nH]c4c3)c2cc1OC. The van der Waals surface area contributed by atoms with Gasteiger partial charge in [-0.1, -0.05) is 0 Å². The number of methoxy groups -OCH3 is 2. The highest BCUT2D eigenvalue weighted by atomic mass is 32.1. The lowest BCUT2D eigenvalue weighted by molar-refractivity contribution is -0.130. The van der Waals surface area contributed by atoms with Crippen molar-refractivity contribution in [1.29, 1.82) is 0 Å². The number of hydrogen-bond donors (Lipinski definition) is 2. The van der Waals surface area contributed by atoms with E-state index < -0.39 is 5.97 Å². The molecule has 0 unspecified atom stereocenters. The molecule has 170 valence electrons. The van der Waals surface area contributed by atoms with Crippen LogP contribution in [0.4, 0.5) is 0 Å². The number of H-pyrrole nitrogens is 1. The van der Waals surface area contributed by atoms with Crippen molar-refractivity contribution in [2.24, 2.45) is 0 Å². The van der Waals surface area contributed by atoms with E-state index in [0.29, 0.717) is 33.4 Å². The van der Waals surface area contributed by atoms with Gasteiger partial charge in [0.15, 0.2) is 17.2 Å². The molecule has 0 bridgehead atoms. The number of carboxylic acids is 1. The Morgan fingerprint density at radius 2 is 1.82 bits per heavy atom. The Morgan fingerprint density at radius 3 is 2.56 bits per heavy atom. The summed E-state index contributed by atoms with van der Waals surface area (Å²) in [6.45, 7) is 0. The van der Waals surface area contributed by atoms with Gasteiger partial charge in [0, 0.05) is 34.6 Å². The first-order valence-corrected chi connectivity index (χ1v) is 11.0. The van der Waals surface area contributed by atoms with Crippen LogP contribution in [0.2, 0.25) is 0 Å². The number of pyridine rings is 1. The first-order chi connectivity index (χ1) is 16.6. The van der Waals surface area contributed by atoms with Gasteiger partial charge in [0.05, 0.1) is 42.0 Å². The lowest BCUT2D eigenvalue weighted by Gasteiger charge is -2.10. The van der Waals surface area contributed by atoms with Gasteiger partial charge in [-0.05, 0) is 42.0 Å². The number of carbonyl (C=O) groups is 1. The van der Waals surface area contributed by atoms with Crippen LogP contribution < -0.4 is 14.2 Å². The second kappa shape index (κ2) is 8.87. The predicted octanol–water partition coefficient (Wildman–Crippen LogP) is 5.61. The topological polar surface area (TPSA) is 107 Å². The first-order valence-electron chi connectivity index (χ1n) is 10.2. The fourth-order valence-corrected chi connectivity index (χ4v) is 4.73. The Labute approximate surface area is 198 Å². The third-order valence-electron chi connectivity index (χ3n) is 5.28. The van der Waals surface area contributed by atoms with Crippen molar-refractivity contribution < 1.29 is 24.1 Å². The Balaban J connectivity index is 1.71. The maximum Gasteiger partial charge on any atom is 0.336 e. The summed E-state index contributed by atoms with van der Waals surface area (Å²) in [6.07, 6.45) is 6.35. The van der Waals surface area contributed by atoms with E-state index in [1.165, 1.54) is 11.3 Å². The fourth-order valence-electron chi connectivity index (χ4n) is 3.65. The van der Waals surface area contributed by atoms with Gasteiger partial charge in [0.1, 0.15) is 5.75 Å². The number of ether oxygens (including phenoxy) is 3. The van der Waals surface area contributed by atoms with E-state index in [0.717, 1.165) is 21.1 Å². The van der Waals surface area contributed by atoms with Crippen LogP contribution in [0.15, 0.2) is 61.2 Å². The van der Waals surface area contributed by atoms with Crippen molar-refractivity contribution in [2.45, 2.75) is 0 Å². The van der Waals surface area contributed by atoms with Gasteiger partial charge in [-0.3, -0.25) is 4.98 Å². The van der Waals surface area contributed by atoms with Crippen LogP contribution in [-0.4, -0.2) is 40.2 Å². The maximum atomic E-state index is 12.1. The molecule has 0 saturated carbocycles. The number of fused-ring (bicyclic) bond motifs is 2. The van der Waals surface area contributed by atoms with E-state index in [1.54, 1.807) is 51.1 Å². The number of carboxylic acid groups (broad SMARTS) is 1. The van der Waals surface area contributed by atoms with Crippen molar-refractivity contribution >= 4 is 50.1 Å². The molecule has 2 N–H and O–H groups in total. The van der Waals surface area contributed by atoms with Crippen molar-refractivity contribution in [1.82, 2.24) is 15.0 Å². The minimum atomic E-state index is -1.05. The average molecular weight is 474 g/mol. The Kier molecular flexibility index (Phi) is 5.60. The van der Waals surface area contributed by atoms with Gasteiger partial charge in [-0.25, -0.2) is 9.78 Å². The standard InChI is InChI=1S/C25H19N3O5S/c1-31-20-10-17-22(12-21(20)32-2)34-23(11-16(25(29)30)14-5-7-26-8-6-14)24(17)33-15-3-4-18-19(9-15)28-13-27-18/h3-13H,1-2H3,(H,27,28)(H,29,30). The van der Waals surface area contributed by atoms with Crippen LogP contribution in [-0.2, 0) is 4.79 Å². The molecular formula is C25H19N3O5S. The molecule has 0 radical (unpaired) electrons. The van der Waals surface area contributed by atoms with Gasteiger partial charge < -0.3 is 24.3 Å². The average Bonchev–Trinajstić information content (AvgIpc) is 3.45. The normalized spacial score (nSPS) is 11.6. The number of aliphatic carboxylic acids is 1. The summed E-state index contributed by atoms with van der Waals surface area (Å²) in [5.74, 6) is 1.17. The number of nitrogens with zero attached hydrogens (tertiary/aromatic N) is 2. The molecule has 3 heterocycles. The molecule has 2 aromatic carbocycles. The molecule has 0 spiro atoms. The molecule has 0 aliphatic rings. The van der Waals surface area contributed by atoms with Gasteiger partial charge in [0.25, 0.3) is 0 Å². The molecule has 0 atom stereocenters. The number of aromatic nitrogens is 3. The molecule has 3 aromatic heterocycles. The molecule has 0 amide bonds. The van der Waals surface area contributed by atoms with Crippen molar-refractivity contribution in [3.8, 4) is 23.0 Å².